The van der Waals surface area contributed by atoms with Crippen molar-refractivity contribution in [1.29, 1.82) is 0 Å². The van der Waals surface area contributed by atoms with Gasteiger partial charge in [0, 0.05) is 34.2 Å². The summed E-state index contributed by atoms with van der Waals surface area (Å²) in [6, 6.07) is 14.8. The van der Waals surface area contributed by atoms with Crippen LogP contribution in [0.5, 0.6) is 5.75 Å². The molecule has 0 amide bonds. The first kappa shape index (κ1) is 17.0. The van der Waals surface area contributed by atoms with Crippen LogP contribution in [0.25, 0.3) is 6.08 Å². The average molecular weight is 395 g/mol. The van der Waals surface area contributed by atoms with E-state index in [0.717, 1.165) is 15.7 Å². The van der Waals surface area contributed by atoms with E-state index >= 15 is 0 Å². The Morgan fingerprint density at radius 3 is 2.80 bits per heavy atom. The number of nitrogens with zero attached hydrogens (tertiary/aromatic N) is 2. The molecular weight excluding hydrogens is 380 g/mol. The number of halogens is 1. The number of carbonyl (C=O) groups is 1. The van der Waals surface area contributed by atoms with Crippen LogP contribution < -0.4 is 4.74 Å². The van der Waals surface area contributed by atoms with Crippen LogP contribution in [0.15, 0.2) is 77.7 Å². The van der Waals surface area contributed by atoms with Crippen molar-refractivity contribution in [1.82, 2.24) is 9.97 Å². The topological polar surface area (TPSA) is 52.1 Å². The Hall–Kier alpha value is -2.79. The summed E-state index contributed by atoms with van der Waals surface area (Å²) >= 11 is 3.45. The van der Waals surface area contributed by atoms with Crippen LogP contribution in [0.1, 0.15) is 21.6 Å². The van der Waals surface area contributed by atoms with Gasteiger partial charge in [0.05, 0.1) is 5.69 Å². The van der Waals surface area contributed by atoms with Crippen LogP contribution in [-0.2, 0) is 6.61 Å². The van der Waals surface area contributed by atoms with Crippen molar-refractivity contribution in [2.24, 2.45) is 0 Å². The van der Waals surface area contributed by atoms with E-state index in [1.54, 1.807) is 36.8 Å². The van der Waals surface area contributed by atoms with Gasteiger partial charge in [-0.3, -0.25) is 14.8 Å². The van der Waals surface area contributed by atoms with Crippen LogP contribution in [0.2, 0.25) is 0 Å². The fraction of sp³-hybridized carbons (Fsp3) is 0.0500. The van der Waals surface area contributed by atoms with Gasteiger partial charge in [0.25, 0.3) is 0 Å². The Balaban J connectivity index is 1.77. The fourth-order valence-corrected chi connectivity index (χ4v) is 2.57. The zero-order valence-corrected chi connectivity index (χ0v) is 14.9. The molecule has 2 heterocycles. The number of aromatic nitrogens is 2. The Labute approximate surface area is 154 Å². The number of hydrogen-bond acceptors (Lipinski definition) is 4. The Morgan fingerprint density at radius 2 is 2.04 bits per heavy atom. The second kappa shape index (κ2) is 8.35. The Morgan fingerprint density at radius 1 is 1.12 bits per heavy atom. The van der Waals surface area contributed by atoms with Gasteiger partial charge in [-0.25, -0.2) is 0 Å². The molecule has 0 aliphatic carbocycles. The lowest BCUT2D eigenvalue weighted by atomic mass is 10.1. The van der Waals surface area contributed by atoms with Gasteiger partial charge in [-0.05, 0) is 54.6 Å². The minimum Gasteiger partial charge on any atom is -0.487 e. The maximum atomic E-state index is 12.2. The van der Waals surface area contributed by atoms with Crippen molar-refractivity contribution >= 4 is 27.8 Å². The molecule has 1 aromatic carbocycles. The molecule has 0 spiro atoms. The number of ether oxygens (including phenoxy) is 1. The van der Waals surface area contributed by atoms with E-state index in [1.807, 2.05) is 36.4 Å². The zero-order valence-electron chi connectivity index (χ0n) is 13.3. The third-order valence-electron chi connectivity index (χ3n) is 3.43. The molecule has 124 valence electrons. The minimum atomic E-state index is -0.108. The second-order valence-electron chi connectivity index (χ2n) is 5.23. The highest BCUT2D eigenvalue weighted by atomic mass is 79.9. The minimum absolute atomic E-state index is 0.108. The smallest absolute Gasteiger partial charge is 0.187 e. The maximum absolute atomic E-state index is 12.2. The first-order chi connectivity index (χ1) is 12.2. The van der Waals surface area contributed by atoms with Crippen molar-refractivity contribution in [2.75, 3.05) is 0 Å². The van der Waals surface area contributed by atoms with Crippen molar-refractivity contribution in [2.45, 2.75) is 6.61 Å². The van der Waals surface area contributed by atoms with E-state index in [4.69, 9.17) is 4.74 Å². The van der Waals surface area contributed by atoms with Gasteiger partial charge in [0.1, 0.15) is 12.4 Å². The summed E-state index contributed by atoms with van der Waals surface area (Å²) in [7, 11) is 0. The third-order valence-corrected chi connectivity index (χ3v) is 3.93. The van der Waals surface area contributed by atoms with Crippen LogP contribution in [0, 0.1) is 0 Å². The molecule has 3 rings (SSSR count). The predicted molar refractivity (Wildman–Crippen MR) is 100 cm³/mol. The highest BCUT2D eigenvalue weighted by Gasteiger charge is 2.05. The standard InChI is InChI=1S/C20H15BrN2O2/c21-17-7-9-20(25-14-18-5-1-2-11-23-18)15(12-17)6-8-19(24)16-4-3-10-22-13-16/h1-13H,14H2/b8-6+. The molecule has 0 fully saturated rings. The molecule has 2 aromatic heterocycles. The van der Waals surface area contributed by atoms with E-state index in [0.29, 0.717) is 17.9 Å². The summed E-state index contributed by atoms with van der Waals surface area (Å²) in [5.74, 6) is 0.577. The quantitative estimate of drug-likeness (QED) is 0.448. The second-order valence-corrected chi connectivity index (χ2v) is 6.15. The number of benzene rings is 1. The molecule has 0 atom stereocenters. The monoisotopic (exact) mass is 394 g/mol. The van der Waals surface area contributed by atoms with Crippen LogP contribution in [0.4, 0.5) is 0 Å². The number of ketones is 1. The fourth-order valence-electron chi connectivity index (χ4n) is 2.19. The van der Waals surface area contributed by atoms with Gasteiger partial charge in [0.15, 0.2) is 5.78 Å². The molecule has 5 heteroatoms. The van der Waals surface area contributed by atoms with Crippen molar-refractivity contribution in [3.8, 4) is 5.75 Å². The van der Waals surface area contributed by atoms with E-state index < -0.39 is 0 Å². The van der Waals surface area contributed by atoms with E-state index in [2.05, 4.69) is 25.9 Å². The molecule has 0 unspecified atom stereocenters. The summed E-state index contributed by atoms with van der Waals surface area (Å²) in [4.78, 5) is 20.4. The third kappa shape index (κ3) is 4.84. The summed E-state index contributed by atoms with van der Waals surface area (Å²) in [5, 5.41) is 0. The first-order valence-electron chi connectivity index (χ1n) is 7.67. The van der Waals surface area contributed by atoms with E-state index in [9.17, 15) is 4.79 Å². The summed E-state index contributed by atoms with van der Waals surface area (Å²) in [6.07, 6.45) is 8.18. The lowest BCUT2D eigenvalue weighted by Gasteiger charge is -2.09. The molecule has 25 heavy (non-hydrogen) atoms. The Kier molecular flexibility index (Phi) is 5.69. The lowest BCUT2D eigenvalue weighted by molar-refractivity contribution is 0.104. The molecule has 0 bridgehead atoms. The van der Waals surface area contributed by atoms with Crippen molar-refractivity contribution < 1.29 is 9.53 Å². The number of hydrogen-bond donors (Lipinski definition) is 0. The molecule has 0 saturated carbocycles. The average Bonchev–Trinajstić information content (AvgIpc) is 2.67. The Bertz CT molecular complexity index is 881. The summed E-state index contributed by atoms with van der Waals surface area (Å²) in [6.45, 7) is 0.361. The number of carbonyl (C=O) groups excluding carboxylic acids is 1. The van der Waals surface area contributed by atoms with Gasteiger partial charge in [-0.1, -0.05) is 22.0 Å². The molecule has 0 aliphatic heterocycles. The number of pyridine rings is 2. The molecule has 0 saturated heterocycles. The largest absolute Gasteiger partial charge is 0.487 e. The number of rotatable bonds is 6. The van der Waals surface area contributed by atoms with Crippen LogP contribution in [0.3, 0.4) is 0 Å². The van der Waals surface area contributed by atoms with Crippen LogP contribution >= 0.6 is 15.9 Å². The van der Waals surface area contributed by atoms with Gasteiger partial charge >= 0.3 is 0 Å². The first-order valence-corrected chi connectivity index (χ1v) is 8.46. The molecule has 4 nitrogen and oxygen atoms in total. The normalized spacial score (nSPS) is 10.8. The summed E-state index contributed by atoms with van der Waals surface area (Å²) in [5.41, 5.74) is 2.19. The molecule has 0 aliphatic rings. The van der Waals surface area contributed by atoms with Gasteiger partial charge in [-0.15, -0.1) is 0 Å². The zero-order chi connectivity index (χ0) is 17.5. The van der Waals surface area contributed by atoms with Crippen molar-refractivity contribution in [3.05, 3.63) is 94.5 Å². The maximum Gasteiger partial charge on any atom is 0.187 e. The van der Waals surface area contributed by atoms with E-state index in [-0.39, 0.29) is 5.78 Å². The van der Waals surface area contributed by atoms with Gasteiger partial charge in [0.2, 0.25) is 0 Å². The summed E-state index contributed by atoms with van der Waals surface area (Å²) < 4.78 is 6.77. The highest BCUT2D eigenvalue weighted by molar-refractivity contribution is 9.10. The van der Waals surface area contributed by atoms with Gasteiger partial charge < -0.3 is 4.74 Å². The van der Waals surface area contributed by atoms with Crippen molar-refractivity contribution in [3.63, 3.8) is 0 Å². The lowest BCUT2D eigenvalue weighted by Crippen LogP contribution is -1.99. The molecule has 3 aromatic rings. The predicted octanol–water partition coefficient (Wildman–Crippen LogP) is 4.71. The van der Waals surface area contributed by atoms with Gasteiger partial charge in [-0.2, -0.15) is 0 Å². The van der Waals surface area contributed by atoms with Crippen LogP contribution in [-0.4, -0.2) is 15.8 Å². The SMILES string of the molecule is O=C(/C=C/c1cc(Br)ccc1OCc1ccccn1)c1cccnc1. The molecular formula is C20H15BrN2O2. The highest BCUT2D eigenvalue weighted by Crippen LogP contribution is 2.25. The molecule has 0 N–H and O–H groups in total. The number of allylic oxidation sites excluding steroid dienone is 1. The molecule has 0 radical (unpaired) electrons. The van der Waals surface area contributed by atoms with E-state index in [1.165, 1.54) is 6.08 Å².